The van der Waals surface area contributed by atoms with E-state index in [-0.39, 0.29) is 5.91 Å². The molecule has 92 valence electrons. The number of fused-ring (bicyclic) bond motifs is 1. The maximum absolute atomic E-state index is 11.4. The molecule has 0 radical (unpaired) electrons. The molecule has 0 saturated carbocycles. The number of primary amides is 1. The van der Waals surface area contributed by atoms with Crippen molar-refractivity contribution >= 4 is 17.2 Å². The van der Waals surface area contributed by atoms with Crippen molar-refractivity contribution in [3.63, 3.8) is 0 Å². The number of rotatable bonds is 2. The number of carbonyl (C=O) groups is 1. The molecule has 0 fully saturated rings. The minimum absolute atomic E-state index is 0.349. The second-order valence-corrected chi connectivity index (χ2v) is 5.31. The molecule has 3 N–H and O–H groups in total. The lowest BCUT2D eigenvalue weighted by atomic mass is 9.93. The molecule has 3 rings (SSSR count). The summed E-state index contributed by atoms with van der Waals surface area (Å²) < 4.78 is 0. The second kappa shape index (κ2) is 4.55. The van der Waals surface area contributed by atoms with E-state index in [4.69, 9.17) is 5.73 Å². The van der Waals surface area contributed by atoms with Crippen molar-refractivity contribution < 1.29 is 4.79 Å². The number of carbonyl (C=O) groups excluding carboxylic acids is 1. The maximum Gasteiger partial charge on any atom is 0.250 e. The van der Waals surface area contributed by atoms with Crippen LogP contribution in [0.2, 0.25) is 0 Å². The van der Waals surface area contributed by atoms with Crippen LogP contribution in [0.1, 0.15) is 21.5 Å². The molecule has 1 aliphatic rings. The van der Waals surface area contributed by atoms with E-state index in [1.807, 2.05) is 17.5 Å². The summed E-state index contributed by atoms with van der Waals surface area (Å²) in [4.78, 5) is 12.4. The lowest BCUT2D eigenvalue weighted by molar-refractivity contribution is 0.100. The molecule has 2 aromatic rings. The zero-order chi connectivity index (χ0) is 12.5. The van der Waals surface area contributed by atoms with Crippen LogP contribution in [-0.2, 0) is 13.0 Å². The zero-order valence-corrected chi connectivity index (χ0v) is 10.7. The number of benzene rings is 1. The third kappa shape index (κ3) is 1.83. The summed E-state index contributed by atoms with van der Waals surface area (Å²) in [5.74, 6) is -0.349. The zero-order valence-electron chi connectivity index (χ0n) is 9.90. The van der Waals surface area contributed by atoms with Crippen LogP contribution < -0.4 is 11.1 Å². The van der Waals surface area contributed by atoms with E-state index in [0.29, 0.717) is 5.56 Å². The number of thiophene rings is 1. The lowest BCUT2D eigenvalue weighted by Crippen LogP contribution is -2.24. The highest BCUT2D eigenvalue weighted by Gasteiger charge is 2.18. The fourth-order valence-electron chi connectivity index (χ4n) is 2.46. The fraction of sp³-hybridized carbons (Fsp3) is 0.214. The van der Waals surface area contributed by atoms with Gasteiger partial charge < -0.3 is 11.1 Å². The number of hydrogen-bond donors (Lipinski definition) is 2. The lowest BCUT2D eigenvalue weighted by Gasteiger charge is -2.20. The van der Waals surface area contributed by atoms with Gasteiger partial charge in [0.25, 0.3) is 0 Å². The normalized spacial score (nSPS) is 14.2. The summed E-state index contributed by atoms with van der Waals surface area (Å²) >= 11 is 1.58. The molecule has 1 aromatic heterocycles. The smallest absolute Gasteiger partial charge is 0.250 e. The Morgan fingerprint density at radius 3 is 3.06 bits per heavy atom. The SMILES string of the molecule is NC(=O)c1ccsc1-c1cccc2c1CCNC2. The van der Waals surface area contributed by atoms with Crippen molar-refractivity contribution in [2.45, 2.75) is 13.0 Å². The van der Waals surface area contributed by atoms with Crippen LogP contribution in [0.5, 0.6) is 0 Å². The highest BCUT2D eigenvalue weighted by molar-refractivity contribution is 7.14. The Morgan fingerprint density at radius 1 is 1.33 bits per heavy atom. The maximum atomic E-state index is 11.4. The largest absolute Gasteiger partial charge is 0.366 e. The predicted molar refractivity (Wildman–Crippen MR) is 73.7 cm³/mol. The summed E-state index contributed by atoms with van der Waals surface area (Å²) in [5, 5.41) is 5.29. The Morgan fingerprint density at radius 2 is 2.22 bits per heavy atom. The van der Waals surface area contributed by atoms with E-state index in [9.17, 15) is 4.79 Å². The van der Waals surface area contributed by atoms with Crippen molar-refractivity contribution in [3.05, 3.63) is 46.3 Å². The Labute approximate surface area is 110 Å². The van der Waals surface area contributed by atoms with Crippen LogP contribution in [0.3, 0.4) is 0 Å². The van der Waals surface area contributed by atoms with Crippen LogP contribution >= 0.6 is 11.3 Å². The van der Waals surface area contributed by atoms with Crippen LogP contribution in [-0.4, -0.2) is 12.5 Å². The molecule has 0 saturated heterocycles. The van der Waals surface area contributed by atoms with E-state index in [2.05, 4.69) is 17.4 Å². The molecule has 1 aromatic carbocycles. The highest BCUT2D eigenvalue weighted by Crippen LogP contribution is 2.34. The number of nitrogens with one attached hydrogen (secondary N) is 1. The third-order valence-electron chi connectivity index (χ3n) is 3.32. The highest BCUT2D eigenvalue weighted by atomic mass is 32.1. The summed E-state index contributed by atoms with van der Waals surface area (Å²) in [6.45, 7) is 1.89. The first-order chi connectivity index (χ1) is 8.77. The predicted octanol–water partition coefficient (Wildman–Crippen LogP) is 2.16. The Hall–Kier alpha value is -1.65. The molecule has 4 heteroatoms. The van der Waals surface area contributed by atoms with Gasteiger partial charge in [-0.3, -0.25) is 4.79 Å². The van der Waals surface area contributed by atoms with E-state index in [1.54, 1.807) is 11.3 Å². The standard InChI is InChI=1S/C14H14N2OS/c15-14(17)12-5-7-18-13(12)11-3-1-2-9-8-16-6-4-10(9)11/h1-3,5,7,16H,4,6,8H2,(H2,15,17). The minimum atomic E-state index is -0.349. The number of amides is 1. The molecular weight excluding hydrogens is 244 g/mol. The number of nitrogens with two attached hydrogens (primary N) is 1. The Balaban J connectivity index is 2.17. The summed E-state index contributed by atoms with van der Waals surface area (Å²) in [6, 6.07) is 8.08. The Bertz CT molecular complexity index is 604. The molecule has 3 nitrogen and oxygen atoms in total. The van der Waals surface area contributed by atoms with Crippen LogP contribution in [0.15, 0.2) is 29.6 Å². The van der Waals surface area contributed by atoms with Crippen LogP contribution in [0.4, 0.5) is 0 Å². The van der Waals surface area contributed by atoms with Crippen LogP contribution in [0, 0.1) is 0 Å². The van der Waals surface area contributed by atoms with Gasteiger partial charge in [0.05, 0.1) is 5.56 Å². The topological polar surface area (TPSA) is 55.1 Å². The van der Waals surface area contributed by atoms with E-state index in [0.717, 1.165) is 30.0 Å². The fourth-order valence-corrected chi connectivity index (χ4v) is 3.41. The first-order valence-electron chi connectivity index (χ1n) is 5.96. The minimum Gasteiger partial charge on any atom is -0.366 e. The van der Waals surface area contributed by atoms with Crippen molar-refractivity contribution in [3.8, 4) is 10.4 Å². The van der Waals surface area contributed by atoms with Crippen molar-refractivity contribution in [2.24, 2.45) is 5.73 Å². The average Bonchev–Trinajstić information content (AvgIpc) is 2.87. The molecule has 2 heterocycles. The van der Waals surface area contributed by atoms with Crippen molar-refractivity contribution in [1.29, 1.82) is 0 Å². The summed E-state index contributed by atoms with van der Waals surface area (Å²) in [6.07, 6.45) is 1.00. The molecule has 0 unspecified atom stereocenters. The van der Waals surface area contributed by atoms with Gasteiger partial charge in [0.1, 0.15) is 0 Å². The van der Waals surface area contributed by atoms with Gasteiger partial charge in [-0.1, -0.05) is 18.2 Å². The summed E-state index contributed by atoms with van der Waals surface area (Å²) in [5.41, 5.74) is 9.89. The molecule has 1 amide bonds. The van der Waals surface area contributed by atoms with Crippen molar-refractivity contribution in [2.75, 3.05) is 6.54 Å². The molecule has 0 aliphatic carbocycles. The van der Waals surface area contributed by atoms with Crippen molar-refractivity contribution in [1.82, 2.24) is 5.32 Å². The average molecular weight is 258 g/mol. The van der Waals surface area contributed by atoms with Gasteiger partial charge in [-0.2, -0.15) is 0 Å². The molecular formula is C14H14N2OS. The van der Waals surface area contributed by atoms with Gasteiger partial charge in [-0.25, -0.2) is 0 Å². The van der Waals surface area contributed by atoms with Gasteiger partial charge in [-0.05, 0) is 41.1 Å². The van der Waals surface area contributed by atoms with Gasteiger partial charge in [0.2, 0.25) is 5.91 Å². The molecule has 18 heavy (non-hydrogen) atoms. The number of hydrogen-bond acceptors (Lipinski definition) is 3. The summed E-state index contributed by atoms with van der Waals surface area (Å²) in [7, 11) is 0. The first-order valence-corrected chi connectivity index (χ1v) is 6.84. The van der Waals surface area contributed by atoms with Crippen LogP contribution in [0.25, 0.3) is 10.4 Å². The molecule has 0 bridgehead atoms. The monoisotopic (exact) mass is 258 g/mol. The first kappa shape index (κ1) is 11.4. The van der Waals surface area contributed by atoms with E-state index in [1.165, 1.54) is 11.1 Å². The molecule has 0 atom stereocenters. The molecule has 1 aliphatic heterocycles. The molecule has 0 spiro atoms. The van der Waals surface area contributed by atoms with E-state index >= 15 is 0 Å². The van der Waals surface area contributed by atoms with Gasteiger partial charge >= 0.3 is 0 Å². The van der Waals surface area contributed by atoms with Gasteiger partial charge in [0, 0.05) is 11.4 Å². The van der Waals surface area contributed by atoms with E-state index < -0.39 is 0 Å². The van der Waals surface area contributed by atoms with Gasteiger partial charge in [-0.15, -0.1) is 11.3 Å². The van der Waals surface area contributed by atoms with Gasteiger partial charge in [0.15, 0.2) is 0 Å². The quantitative estimate of drug-likeness (QED) is 0.867. The third-order valence-corrected chi connectivity index (χ3v) is 4.26. The Kier molecular flexibility index (Phi) is 2.89. The second-order valence-electron chi connectivity index (χ2n) is 4.40.